The van der Waals surface area contributed by atoms with Gasteiger partial charge < -0.3 is 14.4 Å². The molecule has 1 aliphatic heterocycles. The normalized spacial score (nSPS) is 13.6. The first kappa shape index (κ1) is 19.1. The summed E-state index contributed by atoms with van der Waals surface area (Å²) in [6.07, 6.45) is -0.0391. The number of carbonyl (C=O) groups excluding carboxylic acids is 1. The maximum absolute atomic E-state index is 12.4. The Morgan fingerprint density at radius 2 is 1.55 bits per heavy atom. The number of carbonyl (C=O) groups is 1. The van der Waals surface area contributed by atoms with E-state index in [1.807, 2.05) is 78.9 Å². The number of hydrogen-bond acceptors (Lipinski definition) is 4. The van der Waals surface area contributed by atoms with E-state index in [0.29, 0.717) is 24.7 Å². The van der Waals surface area contributed by atoms with Crippen molar-refractivity contribution in [3.63, 3.8) is 0 Å². The van der Waals surface area contributed by atoms with Gasteiger partial charge in [0.2, 0.25) is 5.88 Å². The molecule has 0 atom stereocenters. The maximum atomic E-state index is 12.4. The average Bonchev–Trinajstić information content (AvgIpc) is 2.80. The molecular weight excluding hydrogens is 388 g/mol. The van der Waals surface area contributed by atoms with Gasteiger partial charge in [0.1, 0.15) is 11.9 Å². The molecular formula is C26H22N2O3. The Hall–Kier alpha value is -3.86. The van der Waals surface area contributed by atoms with Crippen LogP contribution in [0.5, 0.6) is 11.6 Å². The predicted molar refractivity (Wildman–Crippen MR) is 120 cm³/mol. The lowest BCUT2D eigenvalue weighted by molar-refractivity contribution is -0.142. The van der Waals surface area contributed by atoms with E-state index in [1.165, 1.54) is 0 Å². The Balaban J connectivity index is 1.10. The molecule has 31 heavy (non-hydrogen) atoms. The predicted octanol–water partition coefficient (Wildman–Crippen LogP) is 4.57. The van der Waals surface area contributed by atoms with Gasteiger partial charge in [0.15, 0.2) is 6.61 Å². The Kier molecular flexibility index (Phi) is 5.23. The summed E-state index contributed by atoms with van der Waals surface area (Å²) in [5.41, 5.74) is 3.17. The van der Waals surface area contributed by atoms with Crippen molar-refractivity contribution in [3.8, 4) is 22.8 Å². The molecule has 154 valence electrons. The summed E-state index contributed by atoms with van der Waals surface area (Å²) >= 11 is 0. The number of likely N-dealkylation sites (tertiary alicyclic amines) is 1. The van der Waals surface area contributed by atoms with Crippen LogP contribution < -0.4 is 9.47 Å². The van der Waals surface area contributed by atoms with E-state index >= 15 is 0 Å². The Bertz CT molecular complexity index is 1190. The third-order valence-corrected chi connectivity index (χ3v) is 5.38. The van der Waals surface area contributed by atoms with Gasteiger partial charge in [-0.3, -0.25) is 4.79 Å². The van der Waals surface area contributed by atoms with Crippen LogP contribution in [-0.4, -0.2) is 41.6 Å². The first-order valence-electron chi connectivity index (χ1n) is 10.3. The third-order valence-electron chi connectivity index (χ3n) is 5.38. The standard InChI is InChI=1S/C26H22N2O3/c29-26(18-30-22-13-10-20(11-14-22)19-6-2-1-3-7-19)28-16-23(17-28)31-25-15-12-21-8-4-5-9-24(21)27-25/h1-15,23H,16-18H2. The highest BCUT2D eigenvalue weighted by molar-refractivity contribution is 5.79. The van der Waals surface area contributed by atoms with Crippen LogP contribution in [0.15, 0.2) is 91.0 Å². The van der Waals surface area contributed by atoms with Gasteiger partial charge in [-0.1, -0.05) is 60.7 Å². The van der Waals surface area contributed by atoms with Crippen LogP contribution in [0, 0.1) is 0 Å². The fourth-order valence-corrected chi connectivity index (χ4v) is 3.61. The molecule has 1 saturated heterocycles. The summed E-state index contributed by atoms with van der Waals surface area (Å²) in [5, 5.41) is 1.08. The molecule has 0 aliphatic carbocycles. The van der Waals surface area contributed by atoms with Crippen LogP contribution in [0.1, 0.15) is 0 Å². The Labute approximate surface area is 180 Å². The van der Waals surface area contributed by atoms with E-state index in [-0.39, 0.29) is 18.6 Å². The second-order valence-corrected chi connectivity index (χ2v) is 7.56. The number of ether oxygens (including phenoxy) is 2. The van der Waals surface area contributed by atoms with Crippen molar-refractivity contribution in [2.75, 3.05) is 19.7 Å². The minimum Gasteiger partial charge on any atom is -0.484 e. The molecule has 1 aliphatic rings. The number of fused-ring (bicyclic) bond motifs is 1. The van der Waals surface area contributed by atoms with Crippen LogP contribution in [0.3, 0.4) is 0 Å². The summed E-state index contributed by atoms with van der Waals surface area (Å²) in [6.45, 7) is 1.11. The van der Waals surface area contributed by atoms with Gasteiger partial charge in [-0.25, -0.2) is 4.98 Å². The minimum atomic E-state index is -0.0431. The van der Waals surface area contributed by atoms with Crippen LogP contribution in [0.25, 0.3) is 22.0 Å². The summed E-state index contributed by atoms with van der Waals surface area (Å²) < 4.78 is 11.6. The van der Waals surface area contributed by atoms with Gasteiger partial charge in [0, 0.05) is 11.5 Å². The molecule has 5 rings (SSSR count). The fourth-order valence-electron chi connectivity index (χ4n) is 3.61. The molecule has 0 N–H and O–H groups in total. The number of pyridine rings is 1. The van der Waals surface area contributed by atoms with E-state index in [2.05, 4.69) is 17.1 Å². The average molecular weight is 410 g/mol. The summed E-state index contributed by atoms with van der Waals surface area (Å²) in [6, 6.07) is 29.7. The zero-order valence-electron chi connectivity index (χ0n) is 17.0. The molecule has 0 radical (unpaired) electrons. The highest BCUT2D eigenvalue weighted by Crippen LogP contribution is 2.23. The van der Waals surface area contributed by atoms with Crippen molar-refractivity contribution in [2.24, 2.45) is 0 Å². The highest BCUT2D eigenvalue weighted by atomic mass is 16.5. The zero-order valence-corrected chi connectivity index (χ0v) is 17.0. The molecule has 1 amide bonds. The monoisotopic (exact) mass is 410 g/mol. The van der Waals surface area contributed by atoms with Crippen LogP contribution in [0.2, 0.25) is 0 Å². The lowest BCUT2D eigenvalue weighted by Crippen LogP contribution is -2.57. The number of aromatic nitrogens is 1. The van der Waals surface area contributed by atoms with Gasteiger partial charge in [-0.2, -0.15) is 0 Å². The number of nitrogens with zero attached hydrogens (tertiary/aromatic N) is 2. The second-order valence-electron chi connectivity index (χ2n) is 7.56. The van der Waals surface area contributed by atoms with Gasteiger partial charge in [-0.15, -0.1) is 0 Å². The SMILES string of the molecule is O=C(COc1ccc(-c2ccccc2)cc1)N1CC(Oc2ccc3ccccc3n2)C1. The molecule has 4 aromatic rings. The number of amides is 1. The van der Waals surface area contributed by atoms with Gasteiger partial charge in [0.25, 0.3) is 5.91 Å². The molecule has 5 heteroatoms. The van der Waals surface area contributed by atoms with E-state index < -0.39 is 0 Å². The second kappa shape index (κ2) is 8.48. The molecule has 5 nitrogen and oxygen atoms in total. The lowest BCUT2D eigenvalue weighted by Gasteiger charge is -2.38. The Morgan fingerprint density at radius 1 is 0.839 bits per heavy atom. The molecule has 0 bridgehead atoms. The first-order valence-corrected chi connectivity index (χ1v) is 10.3. The van der Waals surface area contributed by atoms with Gasteiger partial charge in [-0.05, 0) is 35.4 Å². The first-order chi connectivity index (χ1) is 15.2. The fraction of sp³-hybridized carbons (Fsp3) is 0.154. The van der Waals surface area contributed by atoms with Crippen molar-refractivity contribution in [1.82, 2.24) is 9.88 Å². The van der Waals surface area contributed by atoms with E-state index in [0.717, 1.165) is 22.0 Å². The third kappa shape index (κ3) is 4.36. The molecule has 0 spiro atoms. The van der Waals surface area contributed by atoms with Crippen molar-refractivity contribution in [1.29, 1.82) is 0 Å². The van der Waals surface area contributed by atoms with E-state index in [1.54, 1.807) is 4.90 Å². The largest absolute Gasteiger partial charge is 0.484 e. The highest BCUT2D eigenvalue weighted by Gasteiger charge is 2.32. The molecule has 3 aromatic carbocycles. The smallest absolute Gasteiger partial charge is 0.260 e. The van der Waals surface area contributed by atoms with Crippen molar-refractivity contribution < 1.29 is 14.3 Å². The van der Waals surface area contributed by atoms with Gasteiger partial charge >= 0.3 is 0 Å². The topological polar surface area (TPSA) is 51.7 Å². The van der Waals surface area contributed by atoms with E-state index in [4.69, 9.17) is 9.47 Å². The van der Waals surface area contributed by atoms with Gasteiger partial charge in [0.05, 0.1) is 18.6 Å². The maximum Gasteiger partial charge on any atom is 0.260 e. The molecule has 1 aromatic heterocycles. The van der Waals surface area contributed by atoms with Crippen molar-refractivity contribution >= 4 is 16.8 Å². The van der Waals surface area contributed by atoms with Crippen molar-refractivity contribution in [2.45, 2.75) is 6.10 Å². The van der Waals surface area contributed by atoms with Crippen LogP contribution in [-0.2, 0) is 4.79 Å². The minimum absolute atomic E-state index is 0.0195. The van der Waals surface area contributed by atoms with Crippen LogP contribution in [0.4, 0.5) is 0 Å². The molecule has 2 heterocycles. The lowest BCUT2D eigenvalue weighted by atomic mass is 10.1. The van der Waals surface area contributed by atoms with Crippen molar-refractivity contribution in [3.05, 3.63) is 91.0 Å². The number of para-hydroxylation sites is 1. The van der Waals surface area contributed by atoms with E-state index in [9.17, 15) is 4.79 Å². The quantitative estimate of drug-likeness (QED) is 0.467. The number of benzene rings is 3. The summed E-state index contributed by atoms with van der Waals surface area (Å²) in [5.74, 6) is 1.23. The number of rotatable bonds is 6. The summed E-state index contributed by atoms with van der Waals surface area (Å²) in [7, 11) is 0. The van der Waals surface area contributed by atoms with Crippen LogP contribution >= 0.6 is 0 Å². The summed E-state index contributed by atoms with van der Waals surface area (Å²) in [4.78, 5) is 18.7. The molecule has 1 fully saturated rings. The molecule has 0 unspecified atom stereocenters. The zero-order chi connectivity index (χ0) is 21.0. The number of hydrogen-bond donors (Lipinski definition) is 0. The molecule has 0 saturated carbocycles. The Morgan fingerprint density at radius 3 is 2.35 bits per heavy atom.